The van der Waals surface area contributed by atoms with Crippen LogP contribution in [0.3, 0.4) is 0 Å². The minimum atomic E-state index is -1.56. The molecule has 9 nitrogen and oxygen atoms in total. The summed E-state index contributed by atoms with van der Waals surface area (Å²) in [6, 6.07) is -0.798. The second-order valence-electron chi connectivity index (χ2n) is 18.0. The van der Waals surface area contributed by atoms with Crippen LogP contribution in [-0.2, 0) is 14.3 Å². The summed E-state index contributed by atoms with van der Waals surface area (Å²) in [4.78, 5) is 13.0. The molecule has 0 aromatic carbocycles. The van der Waals surface area contributed by atoms with Gasteiger partial charge in [0, 0.05) is 6.42 Å². The Labute approximate surface area is 363 Å². The molecular weight excluding hydrogens is 743 g/mol. The van der Waals surface area contributed by atoms with Crippen molar-refractivity contribution in [3.63, 3.8) is 0 Å². The van der Waals surface area contributed by atoms with E-state index in [-0.39, 0.29) is 12.5 Å². The third-order valence-corrected chi connectivity index (χ3v) is 12.4. The highest BCUT2D eigenvalue weighted by Gasteiger charge is 2.44. The van der Waals surface area contributed by atoms with E-state index in [0.717, 1.165) is 38.5 Å². The van der Waals surface area contributed by atoms with Gasteiger partial charge >= 0.3 is 0 Å². The molecule has 0 aromatic heterocycles. The fraction of sp³-hybridized carbons (Fsp3) is 0.940. The number of amides is 1. The minimum absolute atomic E-state index is 0.172. The van der Waals surface area contributed by atoms with Gasteiger partial charge in [-0.3, -0.25) is 4.79 Å². The first kappa shape index (κ1) is 55.9. The Morgan fingerprint density at radius 1 is 0.559 bits per heavy atom. The molecule has 7 atom stereocenters. The van der Waals surface area contributed by atoms with Crippen molar-refractivity contribution in [2.24, 2.45) is 0 Å². The summed E-state index contributed by atoms with van der Waals surface area (Å²) in [5.41, 5.74) is 0. The predicted molar refractivity (Wildman–Crippen MR) is 244 cm³/mol. The highest BCUT2D eigenvalue weighted by Crippen LogP contribution is 2.23. The lowest BCUT2D eigenvalue weighted by atomic mass is 9.99. The number of ether oxygens (including phenoxy) is 2. The molecule has 0 unspecified atom stereocenters. The molecule has 1 aliphatic rings. The van der Waals surface area contributed by atoms with E-state index in [0.29, 0.717) is 6.42 Å². The lowest BCUT2D eigenvalue weighted by Crippen LogP contribution is -2.60. The van der Waals surface area contributed by atoms with Crippen LogP contribution in [0.1, 0.15) is 245 Å². The van der Waals surface area contributed by atoms with Gasteiger partial charge in [-0.15, -0.1) is 0 Å². The number of hydrogen-bond donors (Lipinski definition) is 6. The first-order chi connectivity index (χ1) is 28.8. The van der Waals surface area contributed by atoms with Crippen molar-refractivity contribution < 1.29 is 39.8 Å². The molecule has 0 radical (unpaired) electrons. The quantitative estimate of drug-likeness (QED) is 0.0263. The molecule has 6 N–H and O–H groups in total. The van der Waals surface area contributed by atoms with Crippen LogP contribution >= 0.6 is 0 Å². The summed E-state index contributed by atoms with van der Waals surface area (Å²) in [7, 11) is 0. The largest absolute Gasteiger partial charge is 0.394 e. The fourth-order valence-corrected chi connectivity index (χ4v) is 8.28. The molecule has 1 fully saturated rings. The zero-order chi connectivity index (χ0) is 43.0. The maximum atomic E-state index is 13.0. The average Bonchev–Trinajstić information content (AvgIpc) is 3.23. The summed E-state index contributed by atoms with van der Waals surface area (Å²) in [6.45, 7) is 3.79. The molecule has 0 bridgehead atoms. The first-order valence-corrected chi connectivity index (χ1v) is 25.4. The van der Waals surface area contributed by atoms with Crippen molar-refractivity contribution >= 4 is 5.91 Å². The number of unbranched alkanes of at least 4 members (excludes halogenated alkanes) is 33. The van der Waals surface area contributed by atoms with Crippen molar-refractivity contribution in [2.75, 3.05) is 13.2 Å². The number of carbonyl (C=O) groups excluding carboxylic acids is 1. The maximum Gasteiger partial charge on any atom is 0.220 e. The van der Waals surface area contributed by atoms with Crippen LogP contribution in [0.4, 0.5) is 0 Å². The minimum Gasteiger partial charge on any atom is -0.394 e. The number of aliphatic hydroxyl groups excluding tert-OH is 5. The summed E-state index contributed by atoms with van der Waals surface area (Å²) in [5.74, 6) is -0.172. The number of hydrogen-bond acceptors (Lipinski definition) is 8. The SMILES string of the molecule is CCCCCCCCCCCCCC=C[C@@H](O)[C@H](CO[C@@H]1O[C@H](CO)[C@@H](O)[C@H](O)[C@H]1O)NC(=O)CCCCCCCCCCCCCCCCCCCCCCCCC. The van der Waals surface area contributed by atoms with E-state index >= 15 is 0 Å². The average molecular weight is 840 g/mol. The molecule has 59 heavy (non-hydrogen) atoms. The summed E-state index contributed by atoms with van der Waals surface area (Å²) in [5, 5.41) is 54.3. The van der Waals surface area contributed by atoms with Gasteiger partial charge in [0.05, 0.1) is 25.4 Å². The molecule has 0 spiro atoms. The number of rotatable bonds is 43. The zero-order valence-corrected chi connectivity index (χ0v) is 38.5. The third-order valence-electron chi connectivity index (χ3n) is 12.4. The van der Waals surface area contributed by atoms with E-state index in [1.54, 1.807) is 6.08 Å². The second kappa shape index (κ2) is 41.0. The summed E-state index contributed by atoms with van der Waals surface area (Å²) in [6.07, 6.45) is 41.2. The molecule has 1 amide bonds. The first-order valence-electron chi connectivity index (χ1n) is 25.4. The molecule has 1 heterocycles. The lowest BCUT2D eigenvalue weighted by molar-refractivity contribution is -0.302. The van der Waals surface area contributed by atoms with Crippen molar-refractivity contribution in [2.45, 2.75) is 288 Å². The Kier molecular flexibility index (Phi) is 38.9. The van der Waals surface area contributed by atoms with Crippen LogP contribution in [0, 0.1) is 0 Å². The maximum absolute atomic E-state index is 13.0. The molecule has 350 valence electrons. The van der Waals surface area contributed by atoms with Crippen molar-refractivity contribution in [1.29, 1.82) is 0 Å². The topological polar surface area (TPSA) is 149 Å². The second-order valence-corrected chi connectivity index (χ2v) is 18.0. The van der Waals surface area contributed by atoms with Gasteiger partial charge in [0.2, 0.25) is 5.91 Å². The number of nitrogens with one attached hydrogen (secondary N) is 1. The normalized spacial score (nSPS) is 20.7. The van der Waals surface area contributed by atoms with Gasteiger partial charge in [0.1, 0.15) is 24.4 Å². The van der Waals surface area contributed by atoms with Crippen molar-refractivity contribution in [3.8, 4) is 0 Å². The highest BCUT2D eigenvalue weighted by atomic mass is 16.7. The Hall–Kier alpha value is -1.07. The van der Waals surface area contributed by atoms with E-state index in [9.17, 15) is 30.3 Å². The molecule has 1 saturated heterocycles. The molecule has 1 rings (SSSR count). The third kappa shape index (κ3) is 31.4. The molecule has 0 saturated carbocycles. The number of carbonyl (C=O) groups is 1. The lowest BCUT2D eigenvalue weighted by Gasteiger charge is -2.40. The van der Waals surface area contributed by atoms with E-state index in [4.69, 9.17) is 9.47 Å². The fourth-order valence-electron chi connectivity index (χ4n) is 8.28. The molecule has 9 heteroatoms. The van der Waals surface area contributed by atoms with Crippen LogP contribution < -0.4 is 5.32 Å². The van der Waals surface area contributed by atoms with Gasteiger partial charge in [0.15, 0.2) is 6.29 Å². The molecular formula is C50H97NO8. The van der Waals surface area contributed by atoms with E-state index in [2.05, 4.69) is 19.2 Å². The van der Waals surface area contributed by atoms with Gasteiger partial charge in [-0.2, -0.15) is 0 Å². The Balaban J connectivity index is 2.24. The zero-order valence-electron chi connectivity index (χ0n) is 38.5. The van der Waals surface area contributed by atoms with Gasteiger partial charge in [-0.1, -0.05) is 231 Å². The van der Waals surface area contributed by atoms with Crippen LogP contribution in [0.2, 0.25) is 0 Å². The van der Waals surface area contributed by atoms with Crippen molar-refractivity contribution in [3.05, 3.63) is 12.2 Å². The van der Waals surface area contributed by atoms with Gasteiger partial charge in [0.25, 0.3) is 0 Å². The smallest absolute Gasteiger partial charge is 0.220 e. The van der Waals surface area contributed by atoms with E-state index in [1.165, 1.54) is 186 Å². The monoisotopic (exact) mass is 840 g/mol. The number of aliphatic hydroxyl groups is 5. The Morgan fingerprint density at radius 3 is 1.32 bits per heavy atom. The van der Waals surface area contributed by atoms with Gasteiger partial charge in [-0.25, -0.2) is 0 Å². The molecule has 0 aromatic rings. The summed E-state index contributed by atoms with van der Waals surface area (Å²) >= 11 is 0. The van der Waals surface area contributed by atoms with Crippen LogP contribution in [0.5, 0.6) is 0 Å². The van der Waals surface area contributed by atoms with E-state index < -0.39 is 49.5 Å². The predicted octanol–water partition coefficient (Wildman–Crippen LogP) is 11.3. The molecule has 1 aliphatic heterocycles. The van der Waals surface area contributed by atoms with Crippen LogP contribution in [0.15, 0.2) is 12.2 Å². The van der Waals surface area contributed by atoms with E-state index in [1.807, 2.05) is 6.08 Å². The van der Waals surface area contributed by atoms with Gasteiger partial charge in [-0.05, 0) is 19.3 Å². The standard InChI is InChI=1S/C50H97NO8/c1-3-5-7-9-11-13-15-17-18-19-20-21-22-23-24-25-26-28-30-32-34-36-38-40-46(54)51-43(42-58-50-49(57)48(56)47(55)45(41-52)59-50)44(53)39-37-35-33-31-29-27-16-14-12-10-8-6-4-2/h37,39,43-45,47-50,52-53,55-57H,3-36,38,40-42H2,1-2H3,(H,51,54)/t43-,44+,45+,47+,48-,49+,50+/m0/s1. The Morgan fingerprint density at radius 2 is 0.932 bits per heavy atom. The molecule has 0 aliphatic carbocycles. The van der Waals surface area contributed by atoms with Gasteiger partial charge < -0.3 is 40.3 Å². The Bertz CT molecular complexity index is 935. The van der Waals surface area contributed by atoms with Crippen LogP contribution in [0.25, 0.3) is 0 Å². The number of allylic oxidation sites excluding steroid dienone is 1. The van der Waals surface area contributed by atoms with Crippen LogP contribution in [-0.4, -0.2) is 87.5 Å². The highest BCUT2D eigenvalue weighted by molar-refractivity contribution is 5.76. The van der Waals surface area contributed by atoms with Crippen molar-refractivity contribution in [1.82, 2.24) is 5.32 Å². The summed E-state index contributed by atoms with van der Waals surface area (Å²) < 4.78 is 11.2.